The highest BCUT2D eigenvalue weighted by atomic mass is 16.2. The number of nitrogens with zero attached hydrogens (tertiary/aromatic N) is 2. The van der Waals surface area contributed by atoms with Crippen molar-refractivity contribution in [3.8, 4) is 11.1 Å². The smallest absolute Gasteiger partial charge is 0.318 e. The summed E-state index contributed by atoms with van der Waals surface area (Å²) in [5.74, 6) is -0.0569. The quantitative estimate of drug-likeness (QED) is 0.920. The van der Waals surface area contributed by atoms with Crippen LogP contribution in [0.2, 0.25) is 0 Å². The molecule has 3 rings (SSSR count). The monoisotopic (exact) mass is 351 g/mol. The largest absolute Gasteiger partial charge is 0.336 e. The lowest BCUT2D eigenvalue weighted by atomic mass is 10.0. The van der Waals surface area contributed by atoms with E-state index in [4.69, 9.17) is 0 Å². The average molecular weight is 351 g/mol. The van der Waals surface area contributed by atoms with E-state index in [0.29, 0.717) is 13.1 Å². The highest BCUT2D eigenvalue weighted by Crippen LogP contribution is 2.32. The zero-order valence-electron chi connectivity index (χ0n) is 15.5. The Labute approximate surface area is 154 Å². The molecule has 0 aliphatic carbocycles. The molecule has 2 aromatic carbocycles. The number of urea groups is 1. The van der Waals surface area contributed by atoms with Crippen molar-refractivity contribution >= 4 is 17.6 Å². The minimum absolute atomic E-state index is 0.0432. The van der Waals surface area contributed by atoms with Crippen molar-refractivity contribution in [2.75, 3.05) is 18.0 Å². The Morgan fingerprint density at radius 2 is 1.69 bits per heavy atom. The number of carbonyl (C=O) groups is 2. The first-order chi connectivity index (χ1) is 12.5. The van der Waals surface area contributed by atoms with Crippen LogP contribution < -0.4 is 10.2 Å². The van der Waals surface area contributed by atoms with Crippen molar-refractivity contribution in [1.82, 2.24) is 10.2 Å². The lowest BCUT2D eigenvalue weighted by Crippen LogP contribution is -2.60. The molecule has 5 nitrogen and oxygen atoms in total. The molecule has 0 unspecified atom stereocenters. The molecular weight excluding hydrogens is 326 g/mol. The van der Waals surface area contributed by atoms with Crippen molar-refractivity contribution in [2.45, 2.75) is 32.9 Å². The van der Waals surface area contributed by atoms with E-state index in [-0.39, 0.29) is 18.0 Å². The zero-order chi connectivity index (χ0) is 18.7. The van der Waals surface area contributed by atoms with E-state index in [0.717, 1.165) is 16.8 Å². The van der Waals surface area contributed by atoms with Gasteiger partial charge in [0.1, 0.15) is 6.04 Å². The van der Waals surface area contributed by atoms with Gasteiger partial charge in [0.25, 0.3) is 0 Å². The number of para-hydroxylation sites is 1. The molecule has 0 saturated carbocycles. The van der Waals surface area contributed by atoms with E-state index >= 15 is 0 Å². The van der Waals surface area contributed by atoms with E-state index in [1.54, 1.807) is 16.7 Å². The Hall–Kier alpha value is -2.82. The van der Waals surface area contributed by atoms with Gasteiger partial charge >= 0.3 is 6.03 Å². The van der Waals surface area contributed by atoms with Crippen LogP contribution >= 0.6 is 0 Å². The molecule has 1 N–H and O–H groups in total. The summed E-state index contributed by atoms with van der Waals surface area (Å²) in [6.45, 7) is 6.61. The van der Waals surface area contributed by atoms with Gasteiger partial charge in [-0.15, -0.1) is 0 Å². The minimum atomic E-state index is -0.494. The molecule has 2 aromatic rings. The van der Waals surface area contributed by atoms with Gasteiger partial charge in [0.15, 0.2) is 0 Å². The van der Waals surface area contributed by atoms with Crippen LogP contribution in [0.1, 0.15) is 20.8 Å². The normalized spacial score (nSPS) is 17.5. The fraction of sp³-hybridized carbons (Fsp3) is 0.333. The first-order valence-electron chi connectivity index (χ1n) is 9.02. The maximum atomic E-state index is 13.0. The predicted molar refractivity (Wildman–Crippen MR) is 104 cm³/mol. The topological polar surface area (TPSA) is 52.7 Å². The van der Waals surface area contributed by atoms with Gasteiger partial charge in [-0.2, -0.15) is 0 Å². The molecule has 3 amide bonds. The molecule has 0 radical (unpaired) electrons. The molecular formula is C21H25N3O2. The van der Waals surface area contributed by atoms with Crippen LogP contribution in [0, 0.1) is 0 Å². The number of hydrogen-bond acceptors (Lipinski definition) is 2. The molecule has 0 aromatic heterocycles. The van der Waals surface area contributed by atoms with Gasteiger partial charge in [-0.05, 0) is 32.4 Å². The molecule has 1 fully saturated rings. The van der Waals surface area contributed by atoms with Crippen LogP contribution in [0.4, 0.5) is 10.5 Å². The lowest BCUT2D eigenvalue weighted by molar-refractivity contribution is -0.124. The number of carbonyl (C=O) groups excluding carboxylic acids is 2. The van der Waals surface area contributed by atoms with Gasteiger partial charge < -0.3 is 15.1 Å². The molecule has 0 bridgehead atoms. The maximum Gasteiger partial charge on any atom is 0.318 e. The summed E-state index contributed by atoms with van der Waals surface area (Å²) in [6, 6.07) is 17.3. The summed E-state index contributed by atoms with van der Waals surface area (Å²) in [7, 11) is 0. The van der Waals surface area contributed by atoms with Crippen molar-refractivity contribution < 1.29 is 9.59 Å². The van der Waals surface area contributed by atoms with Crippen LogP contribution in [0.15, 0.2) is 54.6 Å². The van der Waals surface area contributed by atoms with Crippen molar-refractivity contribution in [3.63, 3.8) is 0 Å². The summed E-state index contributed by atoms with van der Waals surface area (Å²) < 4.78 is 0. The van der Waals surface area contributed by atoms with Crippen molar-refractivity contribution in [3.05, 3.63) is 54.6 Å². The Morgan fingerprint density at radius 1 is 1.04 bits per heavy atom. The van der Waals surface area contributed by atoms with Gasteiger partial charge in [-0.1, -0.05) is 48.5 Å². The summed E-state index contributed by atoms with van der Waals surface area (Å²) in [6.07, 6.45) is 0. The average Bonchev–Trinajstić information content (AvgIpc) is 2.64. The lowest BCUT2D eigenvalue weighted by Gasteiger charge is -2.40. The van der Waals surface area contributed by atoms with E-state index in [1.807, 2.05) is 68.4 Å². The maximum absolute atomic E-state index is 13.0. The molecule has 136 valence electrons. The fourth-order valence-corrected chi connectivity index (χ4v) is 3.29. The Bertz CT molecular complexity index is 789. The van der Waals surface area contributed by atoms with Crippen LogP contribution in [0.3, 0.4) is 0 Å². The molecule has 1 atom stereocenters. The number of amides is 3. The number of benzene rings is 2. The van der Waals surface area contributed by atoms with Gasteiger partial charge in [-0.3, -0.25) is 4.79 Å². The minimum Gasteiger partial charge on any atom is -0.336 e. The Balaban J connectivity index is 1.87. The van der Waals surface area contributed by atoms with Crippen molar-refractivity contribution in [1.29, 1.82) is 0 Å². The van der Waals surface area contributed by atoms with Gasteiger partial charge in [0, 0.05) is 24.7 Å². The van der Waals surface area contributed by atoms with Gasteiger partial charge in [-0.25, -0.2) is 4.79 Å². The number of piperazine rings is 1. The van der Waals surface area contributed by atoms with E-state index < -0.39 is 6.04 Å². The van der Waals surface area contributed by atoms with E-state index in [1.165, 1.54) is 0 Å². The van der Waals surface area contributed by atoms with Crippen LogP contribution in [-0.4, -0.2) is 42.0 Å². The number of anilines is 1. The SMILES string of the molecule is CC(C)NC(=O)N1CCN(c2ccccc2-c2ccccc2)C(=O)[C@@H]1C. The number of rotatable bonds is 3. The van der Waals surface area contributed by atoms with Crippen molar-refractivity contribution in [2.24, 2.45) is 0 Å². The highest BCUT2D eigenvalue weighted by Gasteiger charge is 2.35. The Morgan fingerprint density at radius 3 is 2.38 bits per heavy atom. The van der Waals surface area contributed by atoms with Crippen LogP contribution in [0.5, 0.6) is 0 Å². The zero-order valence-corrected chi connectivity index (χ0v) is 15.5. The third kappa shape index (κ3) is 3.57. The molecule has 1 aliphatic rings. The summed E-state index contributed by atoms with van der Waals surface area (Å²) in [5, 5.41) is 2.87. The van der Waals surface area contributed by atoms with E-state index in [2.05, 4.69) is 5.32 Å². The second-order valence-corrected chi connectivity index (χ2v) is 6.85. The molecule has 1 aliphatic heterocycles. The number of hydrogen-bond donors (Lipinski definition) is 1. The Kier molecular flexibility index (Phi) is 5.26. The summed E-state index contributed by atoms with van der Waals surface area (Å²) in [4.78, 5) is 28.8. The first kappa shape index (κ1) is 18.0. The third-order valence-corrected chi connectivity index (χ3v) is 4.61. The number of nitrogens with one attached hydrogen (secondary N) is 1. The third-order valence-electron chi connectivity index (χ3n) is 4.61. The van der Waals surface area contributed by atoms with Gasteiger partial charge in [0.2, 0.25) is 5.91 Å². The summed E-state index contributed by atoms with van der Waals surface area (Å²) >= 11 is 0. The second-order valence-electron chi connectivity index (χ2n) is 6.85. The molecule has 1 saturated heterocycles. The van der Waals surface area contributed by atoms with Crippen LogP contribution in [0.25, 0.3) is 11.1 Å². The molecule has 26 heavy (non-hydrogen) atoms. The summed E-state index contributed by atoms with van der Waals surface area (Å²) in [5.41, 5.74) is 2.98. The molecule has 5 heteroatoms. The first-order valence-corrected chi connectivity index (χ1v) is 9.02. The van der Waals surface area contributed by atoms with Crippen LogP contribution in [-0.2, 0) is 4.79 Å². The molecule has 0 spiro atoms. The fourth-order valence-electron chi connectivity index (χ4n) is 3.29. The molecule has 1 heterocycles. The van der Waals surface area contributed by atoms with E-state index in [9.17, 15) is 9.59 Å². The van der Waals surface area contributed by atoms with Gasteiger partial charge in [0.05, 0.1) is 5.69 Å². The predicted octanol–water partition coefficient (Wildman–Crippen LogP) is 3.51. The highest BCUT2D eigenvalue weighted by molar-refractivity contribution is 6.02. The standard InChI is InChI=1S/C21H25N3O2/c1-15(2)22-21(26)23-13-14-24(20(25)16(23)3)19-12-8-7-11-18(19)17-9-5-4-6-10-17/h4-12,15-16H,13-14H2,1-3H3,(H,22,26)/t16-/m0/s1. The second kappa shape index (κ2) is 7.60.